The average Bonchev–Trinajstić information content (AvgIpc) is 2.46. The number of hydrogen-bond acceptors (Lipinski definition) is 5. The van der Waals surface area contributed by atoms with Gasteiger partial charge in [0.05, 0.1) is 6.61 Å². The second kappa shape index (κ2) is 7.01. The van der Waals surface area contributed by atoms with E-state index in [0.717, 1.165) is 29.8 Å². The van der Waals surface area contributed by atoms with Crippen molar-refractivity contribution in [2.75, 3.05) is 12.5 Å². The van der Waals surface area contributed by atoms with Crippen molar-refractivity contribution in [1.82, 2.24) is 4.98 Å². The van der Waals surface area contributed by atoms with E-state index in [9.17, 15) is 5.26 Å². The van der Waals surface area contributed by atoms with Gasteiger partial charge >= 0.3 is 0 Å². The van der Waals surface area contributed by atoms with Crippen LogP contribution in [0.15, 0.2) is 11.2 Å². The molecule has 0 spiro atoms. The maximum atomic E-state index is 9.32. The number of methoxy groups -OCH3 is 1. The minimum Gasteiger partial charge on any atom is -0.380 e. The van der Waals surface area contributed by atoms with Gasteiger partial charge in [0.15, 0.2) is 5.82 Å². The summed E-state index contributed by atoms with van der Waals surface area (Å²) in [5, 5.41) is 13.7. The van der Waals surface area contributed by atoms with Gasteiger partial charge in [-0.3, -0.25) is 5.43 Å². The van der Waals surface area contributed by atoms with E-state index in [1.165, 1.54) is 19.3 Å². The van der Waals surface area contributed by atoms with Gasteiger partial charge in [0.25, 0.3) is 0 Å². The van der Waals surface area contributed by atoms with Crippen LogP contribution in [0.3, 0.4) is 0 Å². The highest BCUT2D eigenvalue weighted by Crippen LogP contribution is 2.20. The van der Waals surface area contributed by atoms with Crippen molar-refractivity contribution in [3.8, 4) is 6.07 Å². The second-order valence-corrected chi connectivity index (χ2v) is 5.04. The Kier molecular flexibility index (Phi) is 5.08. The molecule has 1 fully saturated rings. The Balaban J connectivity index is 2.24. The number of nitrogens with zero attached hydrogens (tertiary/aromatic N) is 3. The van der Waals surface area contributed by atoms with Crippen LogP contribution >= 0.6 is 0 Å². The van der Waals surface area contributed by atoms with Crippen molar-refractivity contribution in [3.63, 3.8) is 0 Å². The molecule has 1 N–H and O–H groups in total. The summed E-state index contributed by atoms with van der Waals surface area (Å²) in [6.07, 6.45) is 5.74. The third-order valence-corrected chi connectivity index (χ3v) is 3.39. The van der Waals surface area contributed by atoms with Gasteiger partial charge in [-0.25, -0.2) is 4.98 Å². The Morgan fingerprint density at radius 1 is 1.40 bits per heavy atom. The van der Waals surface area contributed by atoms with Crippen LogP contribution < -0.4 is 5.43 Å². The molecular formula is C15H20N4O. The summed E-state index contributed by atoms with van der Waals surface area (Å²) in [6, 6.07) is 4.07. The highest BCUT2D eigenvalue weighted by Gasteiger charge is 2.12. The fraction of sp³-hybridized carbons (Fsp3) is 0.533. The molecule has 5 nitrogen and oxygen atoms in total. The number of anilines is 1. The molecule has 0 atom stereocenters. The molecular weight excluding hydrogens is 252 g/mol. The molecule has 1 saturated carbocycles. The monoisotopic (exact) mass is 272 g/mol. The highest BCUT2D eigenvalue weighted by atomic mass is 16.5. The summed E-state index contributed by atoms with van der Waals surface area (Å²) < 4.78 is 5.13. The Bertz CT molecular complexity index is 538. The summed E-state index contributed by atoms with van der Waals surface area (Å²) in [7, 11) is 1.62. The Morgan fingerprint density at radius 3 is 2.80 bits per heavy atom. The summed E-state index contributed by atoms with van der Waals surface area (Å²) in [5.74, 6) is 0.526. The summed E-state index contributed by atoms with van der Waals surface area (Å²) >= 11 is 0. The highest BCUT2D eigenvalue weighted by molar-refractivity contribution is 5.85. The summed E-state index contributed by atoms with van der Waals surface area (Å²) in [6.45, 7) is 2.30. The van der Waals surface area contributed by atoms with Crippen LogP contribution in [0.2, 0.25) is 0 Å². The van der Waals surface area contributed by atoms with Crippen molar-refractivity contribution in [2.45, 2.75) is 45.6 Å². The van der Waals surface area contributed by atoms with Gasteiger partial charge in [0, 0.05) is 24.1 Å². The third kappa shape index (κ3) is 3.55. The fourth-order valence-corrected chi connectivity index (χ4v) is 2.42. The number of ether oxygens (including phenoxy) is 1. The molecule has 0 amide bonds. The molecule has 0 saturated heterocycles. The lowest BCUT2D eigenvalue weighted by Crippen LogP contribution is -2.09. The van der Waals surface area contributed by atoms with Gasteiger partial charge in [-0.1, -0.05) is 6.42 Å². The van der Waals surface area contributed by atoms with Crippen LogP contribution in [0.25, 0.3) is 0 Å². The van der Waals surface area contributed by atoms with E-state index in [0.29, 0.717) is 18.0 Å². The molecule has 0 aliphatic heterocycles. The van der Waals surface area contributed by atoms with Gasteiger partial charge in [-0.05, 0) is 38.7 Å². The molecule has 0 aromatic carbocycles. The van der Waals surface area contributed by atoms with Gasteiger partial charge in [-0.15, -0.1) is 0 Å². The SMILES string of the molecule is COCc1cc(C)nc(NN=C2CCCCC2)c1C#N. The number of nitriles is 1. The van der Waals surface area contributed by atoms with Crippen LogP contribution in [0.1, 0.15) is 48.9 Å². The summed E-state index contributed by atoms with van der Waals surface area (Å²) in [5.41, 5.74) is 6.34. The second-order valence-electron chi connectivity index (χ2n) is 5.04. The maximum Gasteiger partial charge on any atom is 0.164 e. The zero-order valence-electron chi connectivity index (χ0n) is 12.1. The predicted octanol–water partition coefficient (Wildman–Crippen LogP) is 3.14. The molecule has 0 radical (unpaired) electrons. The van der Waals surface area contributed by atoms with Gasteiger partial charge in [0.1, 0.15) is 11.6 Å². The zero-order chi connectivity index (χ0) is 14.4. The average molecular weight is 272 g/mol. The third-order valence-electron chi connectivity index (χ3n) is 3.39. The first kappa shape index (κ1) is 14.5. The molecule has 1 heterocycles. The molecule has 2 rings (SSSR count). The number of hydrogen-bond donors (Lipinski definition) is 1. The molecule has 1 aliphatic carbocycles. The van der Waals surface area contributed by atoms with Crippen molar-refractivity contribution in [2.24, 2.45) is 5.10 Å². The zero-order valence-corrected chi connectivity index (χ0v) is 12.1. The van der Waals surface area contributed by atoms with Gasteiger partial charge in [0.2, 0.25) is 0 Å². The van der Waals surface area contributed by atoms with Crippen molar-refractivity contribution in [1.29, 1.82) is 5.26 Å². The molecule has 1 aliphatic rings. The van der Waals surface area contributed by atoms with Gasteiger partial charge in [-0.2, -0.15) is 10.4 Å². The molecule has 20 heavy (non-hydrogen) atoms. The quantitative estimate of drug-likeness (QED) is 0.855. The van der Waals surface area contributed by atoms with Crippen LogP contribution in [0, 0.1) is 18.3 Å². The van der Waals surface area contributed by atoms with Crippen LogP contribution in [-0.2, 0) is 11.3 Å². The molecule has 5 heteroatoms. The normalized spacial score (nSPS) is 14.8. The lowest BCUT2D eigenvalue weighted by atomic mass is 9.99. The lowest BCUT2D eigenvalue weighted by Gasteiger charge is -2.13. The Morgan fingerprint density at radius 2 is 2.15 bits per heavy atom. The van der Waals surface area contributed by atoms with E-state index in [1.807, 2.05) is 13.0 Å². The first-order valence-electron chi connectivity index (χ1n) is 6.95. The minimum atomic E-state index is 0.400. The number of pyridine rings is 1. The predicted molar refractivity (Wildman–Crippen MR) is 78.5 cm³/mol. The lowest BCUT2D eigenvalue weighted by molar-refractivity contribution is 0.184. The van der Waals surface area contributed by atoms with E-state index >= 15 is 0 Å². The molecule has 0 unspecified atom stereocenters. The molecule has 1 aromatic heterocycles. The van der Waals surface area contributed by atoms with Crippen molar-refractivity contribution >= 4 is 11.5 Å². The maximum absolute atomic E-state index is 9.32. The Hall–Kier alpha value is -1.93. The van der Waals surface area contributed by atoms with E-state index in [1.54, 1.807) is 7.11 Å². The standard InChI is InChI=1S/C15H20N4O/c1-11-8-12(10-20-2)14(9-16)15(17-11)19-18-13-6-4-3-5-7-13/h8H,3-7,10H2,1-2H3,(H,17,19). The van der Waals surface area contributed by atoms with E-state index in [2.05, 4.69) is 21.6 Å². The number of aryl methyl sites for hydroxylation is 1. The Labute approximate surface area is 119 Å². The largest absolute Gasteiger partial charge is 0.380 e. The first-order valence-corrected chi connectivity index (χ1v) is 6.95. The number of rotatable bonds is 4. The minimum absolute atomic E-state index is 0.400. The van der Waals surface area contributed by atoms with Gasteiger partial charge < -0.3 is 4.74 Å². The first-order chi connectivity index (χ1) is 9.74. The number of aromatic nitrogens is 1. The smallest absolute Gasteiger partial charge is 0.164 e. The summed E-state index contributed by atoms with van der Waals surface area (Å²) in [4.78, 5) is 4.38. The fourth-order valence-electron chi connectivity index (χ4n) is 2.42. The molecule has 106 valence electrons. The van der Waals surface area contributed by atoms with Crippen molar-refractivity contribution in [3.05, 3.63) is 22.9 Å². The van der Waals surface area contributed by atoms with E-state index in [-0.39, 0.29) is 0 Å². The number of hydrazone groups is 1. The van der Waals surface area contributed by atoms with Crippen LogP contribution in [0.4, 0.5) is 5.82 Å². The van der Waals surface area contributed by atoms with E-state index < -0.39 is 0 Å². The topological polar surface area (TPSA) is 70.3 Å². The van der Waals surface area contributed by atoms with E-state index in [4.69, 9.17) is 4.74 Å². The van der Waals surface area contributed by atoms with Crippen LogP contribution in [0.5, 0.6) is 0 Å². The number of nitrogens with one attached hydrogen (secondary N) is 1. The molecule has 0 bridgehead atoms. The molecule has 1 aromatic rings. The van der Waals surface area contributed by atoms with Crippen molar-refractivity contribution < 1.29 is 4.74 Å². The van der Waals surface area contributed by atoms with Crippen LogP contribution in [-0.4, -0.2) is 17.8 Å².